The van der Waals surface area contributed by atoms with Gasteiger partial charge in [0.25, 0.3) is 5.79 Å². The van der Waals surface area contributed by atoms with E-state index in [-0.39, 0.29) is 5.57 Å². The molecule has 0 aliphatic carbocycles. The van der Waals surface area contributed by atoms with E-state index < -0.39 is 17.7 Å². The fourth-order valence-corrected chi connectivity index (χ4v) is 2.04. The van der Waals surface area contributed by atoms with Gasteiger partial charge in [-0.2, -0.15) is 0 Å². The third-order valence-electron chi connectivity index (χ3n) is 3.09. The van der Waals surface area contributed by atoms with Crippen LogP contribution < -0.4 is 5.32 Å². The summed E-state index contributed by atoms with van der Waals surface area (Å²) in [5.41, 5.74) is 2.35. The number of esters is 2. The lowest BCUT2D eigenvalue weighted by atomic mass is 10.1. The summed E-state index contributed by atoms with van der Waals surface area (Å²) in [4.78, 5) is 24.1. The van der Waals surface area contributed by atoms with E-state index in [9.17, 15) is 9.59 Å². The van der Waals surface area contributed by atoms with Gasteiger partial charge in [0.1, 0.15) is 0 Å². The normalized spacial score (nSPS) is 17.0. The molecule has 0 amide bonds. The molecular weight excluding hydrogens is 270 g/mol. The zero-order valence-corrected chi connectivity index (χ0v) is 12.6. The second-order valence-electron chi connectivity index (χ2n) is 5.38. The predicted molar refractivity (Wildman–Crippen MR) is 78.4 cm³/mol. The fourth-order valence-electron chi connectivity index (χ4n) is 2.04. The van der Waals surface area contributed by atoms with E-state index in [1.165, 1.54) is 13.8 Å². The largest absolute Gasteiger partial charge is 0.419 e. The van der Waals surface area contributed by atoms with Gasteiger partial charge in [-0.3, -0.25) is 0 Å². The van der Waals surface area contributed by atoms with E-state index in [2.05, 4.69) is 5.32 Å². The third kappa shape index (κ3) is 3.42. The highest BCUT2D eigenvalue weighted by molar-refractivity contribution is 6.16. The first-order valence-electron chi connectivity index (χ1n) is 6.86. The van der Waals surface area contributed by atoms with Crippen LogP contribution in [0.15, 0.2) is 35.5 Å². The van der Waals surface area contributed by atoms with Gasteiger partial charge in [-0.05, 0) is 25.5 Å². The molecule has 0 unspecified atom stereocenters. The Bertz CT molecular complexity index is 577. The van der Waals surface area contributed by atoms with Crippen LogP contribution in [-0.2, 0) is 19.1 Å². The maximum absolute atomic E-state index is 12.0. The molecule has 5 nitrogen and oxygen atoms in total. The van der Waals surface area contributed by atoms with Crippen LogP contribution in [0.2, 0.25) is 0 Å². The van der Waals surface area contributed by atoms with Crippen molar-refractivity contribution in [3.05, 3.63) is 41.1 Å². The lowest BCUT2D eigenvalue weighted by molar-refractivity contribution is -0.222. The minimum Gasteiger partial charge on any atom is -0.419 e. The quantitative estimate of drug-likeness (QED) is 0.526. The molecule has 0 spiro atoms. The van der Waals surface area contributed by atoms with Crippen molar-refractivity contribution >= 4 is 17.6 Å². The first-order valence-corrected chi connectivity index (χ1v) is 6.86. The molecule has 1 N–H and O–H groups in total. The number of hydrogen-bond acceptors (Lipinski definition) is 5. The monoisotopic (exact) mass is 289 g/mol. The van der Waals surface area contributed by atoms with Gasteiger partial charge in [0.2, 0.25) is 0 Å². The van der Waals surface area contributed by atoms with E-state index in [0.717, 1.165) is 11.3 Å². The Kier molecular flexibility index (Phi) is 4.02. The highest BCUT2D eigenvalue weighted by Gasteiger charge is 2.40. The average molecular weight is 289 g/mol. The molecule has 0 atom stereocenters. The summed E-state index contributed by atoms with van der Waals surface area (Å²) in [6.07, 6.45) is 0.480. The highest BCUT2D eigenvalue weighted by Crippen LogP contribution is 2.26. The molecule has 1 aliphatic heterocycles. The number of rotatable bonds is 3. The molecule has 112 valence electrons. The summed E-state index contributed by atoms with van der Waals surface area (Å²) in [6, 6.07) is 7.66. The molecule has 1 heterocycles. The maximum Gasteiger partial charge on any atom is 0.350 e. The fraction of sp³-hybridized carbons (Fsp3) is 0.375. The lowest BCUT2D eigenvalue weighted by Crippen LogP contribution is -2.42. The average Bonchev–Trinajstić information content (AvgIpc) is 2.37. The number of benzene rings is 1. The molecule has 0 radical (unpaired) electrons. The zero-order valence-electron chi connectivity index (χ0n) is 12.6. The van der Waals surface area contributed by atoms with Crippen molar-refractivity contribution in [1.29, 1.82) is 0 Å². The molecular formula is C16H19NO4. The molecule has 5 heteroatoms. The van der Waals surface area contributed by atoms with Crippen molar-refractivity contribution in [2.45, 2.75) is 39.9 Å². The minimum absolute atomic E-state index is 0.0719. The Hall–Kier alpha value is -2.30. The molecule has 0 bridgehead atoms. The highest BCUT2D eigenvalue weighted by atomic mass is 16.7. The smallest absolute Gasteiger partial charge is 0.350 e. The molecule has 0 aromatic heterocycles. The van der Waals surface area contributed by atoms with Crippen molar-refractivity contribution in [1.82, 2.24) is 0 Å². The van der Waals surface area contributed by atoms with Gasteiger partial charge in [-0.15, -0.1) is 0 Å². The van der Waals surface area contributed by atoms with E-state index in [0.29, 0.717) is 12.1 Å². The second kappa shape index (κ2) is 5.60. The van der Waals surface area contributed by atoms with Crippen LogP contribution in [0, 0.1) is 6.92 Å². The van der Waals surface area contributed by atoms with Crippen LogP contribution in [-0.4, -0.2) is 17.7 Å². The van der Waals surface area contributed by atoms with Crippen molar-refractivity contribution in [3.63, 3.8) is 0 Å². The molecule has 1 aromatic carbocycles. The van der Waals surface area contributed by atoms with Gasteiger partial charge in [-0.1, -0.05) is 24.6 Å². The van der Waals surface area contributed by atoms with Gasteiger partial charge >= 0.3 is 11.9 Å². The van der Waals surface area contributed by atoms with Gasteiger partial charge in [0.05, 0.1) is 0 Å². The van der Waals surface area contributed by atoms with Crippen molar-refractivity contribution < 1.29 is 19.1 Å². The van der Waals surface area contributed by atoms with Crippen LogP contribution in [0.5, 0.6) is 0 Å². The SMILES string of the molecule is CCC(Nc1ccc(C)cc1)=C1C(=O)OC(C)(C)OC1=O. The summed E-state index contributed by atoms with van der Waals surface area (Å²) in [7, 11) is 0. The van der Waals surface area contributed by atoms with E-state index >= 15 is 0 Å². The molecule has 1 aromatic rings. The number of allylic oxidation sites excluding steroid dienone is 1. The van der Waals surface area contributed by atoms with Crippen molar-refractivity contribution in [2.24, 2.45) is 0 Å². The molecule has 2 rings (SSSR count). The van der Waals surface area contributed by atoms with Gasteiger partial charge < -0.3 is 14.8 Å². The third-order valence-corrected chi connectivity index (χ3v) is 3.09. The molecule has 1 fully saturated rings. The second-order valence-corrected chi connectivity index (χ2v) is 5.38. The number of carbonyl (C=O) groups is 2. The molecule has 1 saturated heterocycles. The number of nitrogens with one attached hydrogen (secondary N) is 1. The number of ether oxygens (including phenoxy) is 2. The van der Waals surface area contributed by atoms with Crippen LogP contribution in [0.3, 0.4) is 0 Å². The summed E-state index contributed by atoms with van der Waals surface area (Å²) < 4.78 is 10.2. The Morgan fingerprint density at radius 2 is 1.62 bits per heavy atom. The Morgan fingerprint density at radius 3 is 2.10 bits per heavy atom. The first-order chi connectivity index (χ1) is 9.82. The van der Waals surface area contributed by atoms with Crippen molar-refractivity contribution in [2.75, 3.05) is 5.32 Å². The molecule has 21 heavy (non-hydrogen) atoms. The minimum atomic E-state index is -1.22. The first kappa shape index (κ1) is 15.1. The van der Waals surface area contributed by atoms with Gasteiger partial charge in [0.15, 0.2) is 5.57 Å². The Balaban J connectivity index is 2.32. The number of hydrogen-bond donors (Lipinski definition) is 1. The van der Waals surface area contributed by atoms with Crippen LogP contribution in [0.4, 0.5) is 5.69 Å². The molecule has 0 saturated carbocycles. The number of carbonyl (C=O) groups excluding carboxylic acids is 2. The standard InChI is InChI=1S/C16H19NO4/c1-5-12(17-11-8-6-10(2)7-9-11)13-14(18)20-16(3,4)21-15(13)19/h6-9,17H,5H2,1-4H3. The summed E-state index contributed by atoms with van der Waals surface area (Å²) in [6.45, 7) is 6.89. The number of cyclic esters (lactones) is 2. The summed E-state index contributed by atoms with van der Waals surface area (Å²) in [5, 5.41) is 3.09. The number of aryl methyl sites for hydroxylation is 1. The maximum atomic E-state index is 12.0. The Labute approximate surface area is 123 Å². The van der Waals surface area contributed by atoms with Gasteiger partial charge in [0, 0.05) is 25.2 Å². The zero-order chi connectivity index (χ0) is 15.6. The summed E-state index contributed by atoms with van der Waals surface area (Å²) >= 11 is 0. The predicted octanol–water partition coefficient (Wildman–Crippen LogP) is 2.91. The van der Waals surface area contributed by atoms with Crippen LogP contribution >= 0.6 is 0 Å². The van der Waals surface area contributed by atoms with Crippen LogP contribution in [0.1, 0.15) is 32.8 Å². The summed E-state index contributed by atoms with van der Waals surface area (Å²) in [5.74, 6) is -2.54. The lowest BCUT2D eigenvalue weighted by Gasteiger charge is -2.30. The topological polar surface area (TPSA) is 64.6 Å². The van der Waals surface area contributed by atoms with E-state index in [4.69, 9.17) is 9.47 Å². The Morgan fingerprint density at radius 1 is 1.10 bits per heavy atom. The van der Waals surface area contributed by atoms with E-state index in [1.54, 1.807) is 0 Å². The van der Waals surface area contributed by atoms with Crippen molar-refractivity contribution in [3.8, 4) is 0 Å². The van der Waals surface area contributed by atoms with Crippen LogP contribution in [0.25, 0.3) is 0 Å². The number of anilines is 1. The molecule has 1 aliphatic rings. The van der Waals surface area contributed by atoms with Gasteiger partial charge in [-0.25, -0.2) is 9.59 Å². The van der Waals surface area contributed by atoms with E-state index in [1.807, 2.05) is 38.1 Å².